The lowest BCUT2D eigenvalue weighted by Crippen LogP contribution is -2.41. The summed E-state index contributed by atoms with van der Waals surface area (Å²) in [6.45, 7) is 5.80. The van der Waals surface area contributed by atoms with Crippen LogP contribution in [0.4, 0.5) is 0 Å². The number of carbonyl (C=O) groups excluding carboxylic acids is 2. The normalized spacial score (nSPS) is 23.8. The Morgan fingerprint density at radius 1 is 1.07 bits per heavy atom. The Morgan fingerprint density at radius 2 is 1.74 bits per heavy atom. The van der Waals surface area contributed by atoms with Gasteiger partial charge in [-0.1, -0.05) is 44.5 Å². The Labute approximate surface area is 163 Å². The third kappa shape index (κ3) is 5.19. The van der Waals surface area contributed by atoms with E-state index in [0.29, 0.717) is 31.3 Å². The predicted octanol–water partition coefficient (Wildman–Crippen LogP) is 3.82. The van der Waals surface area contributed by atoms with Gasteiger partial charge in [-0.05, 0) is 49.5 Å². The second-order valence-electron chi connectivity index (χ2n) is 8.87. The Bertz CT molecular complexity index is 645. The van der Waals surface area contributed by atoms with Gasteiger partial charge in [-0.2, -0.15) is 0 Å². The number of nitrogens with two attached hydrogens (primary N) is 1. The molecule has 1 amide bonds. The molecule has 148 valence electrons. The molecule has 2 N–H and O–H groups in total. The van der Waals surface area contributed by atoms with Gasteiger partial charge in [0.2, 0.25) is 5.91 Å². The zero-order valence-corrected chi connectivity index (χ0v) is 16.8. The van der Waals surface area contributed by atoms with Crippen LogP contribution in [0.2, 0.25) is 0 Å². The molecule has 4 heteroatoms. The van der Waals surface area contributed by atoms with E-state index in [1.165, 1.54) is 5.56 Å². The molecule has 3 rings (SSSR count). The first-order chi connectivity index (χ1) is 12.9. The third-order valence-corrected chi connectivity index (χ3v) is 6.26. The minimum absolute atomic E-state index is 0.0405. The Morgan fingerprint density at radius 3 is 2.30 bits per heavy atom. The van der Waals surface area contributed by atoms with Crippen LogP contribution in [-0.4, -0.2) is 35.7 Å². The second-order valence-corrected chi connectivity index (χ2v) is 8.87. The number of piperidine rings is 1. The fraction of sp³-hybridized carbons (Fsp3) is 0.652. The number of hydrogen-bond acceptors (Lipinski definition) is 3. The van der Waals surface area contributed by atoms with E-state index in [0.717, 1.165) is 44.1 Å². The molecule has 2 fully saturated rings. The number of Topliss-reactive ketones (excluding diaryl/α,β-unsaturated/α-hetero) is 1. The van der Waals surface area contributed by atoms with Crippen molar-refractivity contribution in [3.05, 3.63) is 35.4 Å². The van der Waals surface area contributed by atoms with E-state index in [9.17, 15) is 9.59 Å². The van der Waals surface area contributed by atoms with Crippen LogP contribution >= 0.6 is 0 Å². The number of nitrogens with zero attached hydrogens (tertiary/aromatic N) is 1. The highest BCUT2D eigenvalue weighted by molar-refractivity contribution is 5.98. The topological polar surface area (TPSA) is 63.4 Å². The first-order valence-corrected chi connectivity index (χ1v) is 10.6. The second kappa shape index (κ2) is 9.01. The van der Waals surface area contributed by atoms with Crippen LogP contribution in [0.25, 0.3) is 0 Å². The Balaban J connectivity index is 1.49. The molecule has 1 saturated heterocycles. The molecule has 0 radical (unpaired) electrons. The number of likely N-dealkylation sites (tertiary alicyclic amines) is 1. The maximum absolute atomic E-state index is 12.8. The quantitative estimate of drug-likeness (QED) is 0.774. The van der Waals surface area contributed by atoms with E-state index >= 15 is 0 Å². The van der Waals surface area contributed by atoms with Gasteiger partial charge in [-0.15, -0.1) is 0 Å². The fourth-order valence-electron chi connectivity index (χ4n) is 4.58. The van der Waals surface area contributed by atoms with Gasteiger partial charge in [0.05, 0.1) is 0 Å². The maximum Gasteiger partial charge on any atom is 0.222 e. The van der Waals surface area contributed by atoms with Gasteiger partial charge in [0.15, 0.2) is 5.78 Å². The molecule has 27 heavy (non-hydrogen) atoms. The minimum Gasteiger partial charge on any atom is -0.343 e. The largest absolute Gasteiger partial charge is 0.343 e. The molecule has 0 bridgehead atoms. The summed E-state index contributed by atoms with van der Waals surface area (Å²) < 4.78 is 0. The van der Waals surface area contributed by atoms with Gasteiger partial charge in [-0.3, -0.25) is 9.59 Å². The molecule has 4 nitrogen and oxygen atoms in total. The van der Waals surface area contributed by atoms with Gasteiger partial charge in [0, 0.05) is 37.0 Å². The van der Waals surface area contributed by atoms with Gasteiger partial charge >= 0.3 is 0 Å². The number of carbonyl (C=O) groups is 2. The van der Waals surface area contributed by atoms with E-state index in [1.807, 2.05) is 17.0 Å². The summed E-state index contributed by atoms with van der Waals surface area (Å²) in [6.07, 6.45) is 6.44. The van der Waals surface area contributed by atoms with Crippen LogP contribution in [0, 0.1) is 17.8 Å². The molecule has 0 aromatic heterocycles. The molecular formula is C23H34N2O2. The lowest BCUT2D eigenvalue weighted by molar-refractivity contribution is -0.133. The molecule has 2 atom stereocenters. The summed E-state index contributed by atoms with van der Waals surface area (Å²) in [4.78, 5) is 27.3. The van der Waals surface area contributed by atoms with Crippen molar-refractivity contribution in [1.29, 1.82) is 0 Å². The van der Waals surface area contributed by atoms with Crippen molar-refractivity contribution in [3.8, 4) is 0 Å². The van der Waals surface area contributed by atoms with E-state index in [4.69, 9.17) is 5.73 Å². The first-order valence-electron chi connectivity index (χ1n) is 10.6. The van der Waals surface area contributed by atoms with Crippen molar-refractivity contribution in [2.24, 2.45) is 23.5 Å². The monoisotopic (exact) mass is 370 g/mol. The van der Waals surface area contributed by atoms with Crippen molar-refractivity contribution in [3.63, 3.8) is 0 Å². The smallest absolute Gasteiger partial charge is 0.222 e. The van der Waals surface area contributed by atoms with Crippen LogP contribution in [0.5, 0.6) is 0 Å². The average molecular weight is 371 g/mol. The molecule has 1 aliphatic heterocycles. The van der Waals surface area contributed by atoms with E-state index < -0.39 is 0 Å². The van der Waals surface area contributed by atoms with E-state index in [2.05, 4.69) is 26.0 Å². The molecule has 0 spiro atoms. The summed E-state index contributed by atoms with van der Waals surface area (Å²) in [5.74, 6) is 1.46. The highest BCUT2D eigenvalue weighted by Crippen LogP contribution is 2.29. The summed E-state index contributed by atoms with van der Waals surface area (Å²) in [7, 11) is 0. The van der Waals surface area contributed by atoms with E-state index in [-0.39, 0.29) is 23.7 Å². The summed E-state index contributed by atoms with van der Waals surface area (Å²) in [5.41, 5.74) is 8.20. The van der Waals surface area contributed by atoms with Gasteiger partial charge in [0.1, 0.15) is 0 Å². The average Bonchev–Trinajstić information content (AvgIpc) is 3.06. The van der Waals surface area contributed by atoms with Crippen LogP contribution in [0.3, 0.4) is 0 Å². The van der Waals surface area contributed by atoms with Crippen LogP contribution in [0.1, 0.15) is 68.3 Å². The zero-order chi connectivity index (χ0) is 19.4. The van der Waals surface area contributed by atoms with Crippen molar-refractivity contribution in [1.82, 2.24) is 4.90 Å². The maximum atomic E-state index is 12.8. The van der Waals surface area contributed by atoms with Crippen LogP contribution in [0.15, 0.2) is 24.3 Å². The van der Waals surface area contributed by atoms with Gasteiger partial charge < -0.3 is 10.6 Å². The number of ketones is 1. The van der Waals surface area contributed by atoms with Crippen molar-refractivity contribution in [2.45, 2.75) is 64.8 Å². The van der Waals surface area contributed by atoms with Gasteiger partial charge in [0.25, 0.3) is 0 Å². The van der Waals surface area contributed by atoms with E-state index in [1.54, 1.807) is 0 Å². The van der Waals surface area contributed by atoms with Crippen molar-refractivity contribution < 1.29 is 9.59 Å². The lowest BCUT2D eigenvalue weighted by atomic mass is 9.88. The molecule has 2 aliphatic rings. The van der Waals surface area contributed by atoms with Crippen molar-refractivity contribution in [2.75, 3.05) is 13.1 Å². The molecular weight excluding hydrogens is 336 g/mol. The summed E-state index contributed by atoms with van der Waals surface area (Å²) in [5, 5.41) is 0. The Hall–Kier alpha value is -1.68. The van der Waals surface area contributed by atoms with Gasteiger partial charge in [-0.25, -0.2) is 0 Å². The first kappa shape index (κ1) is 20.1. The highest BCUT2D eigenvalue weighted by atomic mass is 16.2. The summed E-state index contributed by atoms with van der Waals surface area (Å²) in [6, 6.07) is 8.29. The molecule has 1 aromatic carbocycles. The fourth-order valence-corrected chi connectivity index (χ4v) is 4.58. The summed E-state index contributed by atoms with van der Waals surface area (Å²) >= 11 is 0. The number of amides is 1. The highest BCUT2D eigenvalue weighted by Gasteiger charge is 2.31. The lowest BCUT2D eigenvalue weighted by Gasteiger charge is -2.32. The van der Waals surface area contributed by atoms with Crippen LogP contribution in [-0.2, 0) is 11.2 Å². The SMILES string of the molecule is CC(C)Cc1ccc(C(=O)C2CCN(C(=O)C[C@@H]3CCC[C@H]3N)CC2)cc1. The molecule has 0 unspecified atom stereocenters. The number of hydrogen-bond donors (Lipinski definition) is 1. The molecule has 1 heterocycles. The Kier molecular flexibility index (Phi) is 6.69. The molecule has 1 aliphatic carbocycles. The zero-order valence-electron chi connectivity index (χ0n) is 16.8. The third-order valence-electron chi connectivity index (χ3n) is 6.26. The minimum atomic E-state index is 0.0405. The molecule has 1 saturated carbocycles. The number of rotatable bonds is 6. The van der Waals surface area contributed by atoms with Crippen LogP contribution < -0.4 is 5.73 Å². The van der Waals surface area contributed by atoms with Crippen molar-refractivity contribution >= 4 is 11.7 Å². The molecule has 1 aromatic rings. The predicted molar refractivity (Wildman–Crippen MR) is 109 cm³/mol. The standard InChI is InChI=1S/C23H34N2O2/c1-16(2)14-17-6-8-18(9-7-17)23(27)19-10-12-25(13-11-19)22(26)15-20-4-3-5-21(20)24/h6-9,16,19-21H,3-5,10-15,24H2,1-2H3/t20-,21+/m0/s1. The number of benzene rings is 1.